The average molecular weight is 296 g/mol. The van der Waals surface area contributed by atoms with Crippen LogP contribution in [-0.4, -0.2) is 25.7 Å². The number of carbonyl (C=O) groups excluding carboxylic acids is 1. The number of nitrogens with two attached hydrogens (primary N) is 1. The predicted molar refractivity (Wildman–Crippen MR) is 80.8 cm³/mol. The minimum absolute atomic E-state index is 0.0170. The van der Waals surface area contributed by atoms with Gasteiger partial charge in [0, 0.05) is 7.05 Å². The highest BCUT2D eigenvalue weighted by Gasteiger charge is 2.12. The van der Waals surface area contributed by atoms with Gasteiger partial charge >= 0.3 is 0 Å². The lowest BCUT2D eigenvalue weighted by atomic mass is 10.2. The normalized spacial score (nSPS) is 10.6. The van der Waals surface area contributed by atoms with Crippen LogP contribution >= 0.6 is 0 Å². The second kappa shape index (κ2) is 5.24. The average Bonchev–Trinajstić information content (AvgIpc) is 2.52. The molecule has 1 amide bonds. The molecule has 0 aliphatic heterocycles. The van der Waals surface area contributed by atoms with Gasteiger partial charge in [0.1, 0.15) is 5.52 Å². The van der Waals surface area contributed by atoms with E-state index in [1.807, 2.05) is 0 Å². The first-order chi connectivity index (χ1) is 10.6. The minimum atomic E-state index is -0.695. The van der Waals surface area contributed by atoms with E-state index in [0.29, 0.717) is 22.3 Å². The van der Waals surface area contributed by atoms with Crippen molar-refractivity contribution in [3.8, 4) is 0 Å². The third kappa shape index (κ3) is 2.26. The summed E-state index contributed by atoms with van der Waals surface area (Å²) in [6, 6.07) is 6.74. The van der Waals surface area contributed by atoms with Crippen molar-refractivity contribution in [1.29, 1.82) is 0 Å². The van der Waals surface area contributed by atoms with Gasteiger partial charge in [0.2, 0.25) is 0 Å². The fraction of sp³-hybridized carbons (Fsp3) is 0.0714. The molecule has 0 aliphatic carbocycles. The summed E-state index contributed by atoms with van der Waals surface area (Å²) in [5.41, 5.74) is 6.61. The molecule has 0 spiro atoms. The highest BCUT2D eigenvalue weighted by molar-refractivity contribution is 5.99. The topological polar surface area (TPSA) is 116 Å². The molecule has 0 bridgehead atoms. The lowest BCUT2D eigenvalue weighted by molar-refractivity contribution is 0.0995. The number of aryl methyl sites for hydroxylation is 1. The third-order valence-electron chi connectivity index (χ3n) is 3.17. The van der Waals surface area contributed by atoms with E-state index in [1.54, 1.807) is 31.3 Å². The van der Waals surface area contributed by atoms with Crippen molar-refractivity contribution in [2.24, 2.45) is 12.8 Å². The smallest absolute Gasteiger partial charge is 0.271 e. The molecule has 3 aromatic rings. The number of primary amides is 1. The molecule has 0 saturated carbocycles. The molecule has 3 N–H and O–H groups in total. The van der Waals surface area contributed by atoms with Gasteiger partial charge in [0.05, 0.1) is 29.3 Å². The van der Waals surface area contributed by atoms with Crippen LogP contribution in [0.1, 0.15) is 10.5 Å². The van der Waals surface area contributed by atoms with E-state index < -0.39 is 5.91 Å². The number of anilines is 2. The Morgan fingerprint density at radius 2 is 2.09 bits per heavy atom. The van der Waals surface area contributed by atoms with Crippen molar-refractivity contribution in [2.45, 2.75) is 0 Å². The molecule has 1 aromatic carbocycles. The molecule has 2 aromatic heterocycles. The maximum atomic E-state index is 12.1. The SMILES string of the molecule is Cn1cnc2c(Nc3ccnnc3C(N)=O)cccc2c1=O. The molecule has 8 nitrogen and oxygen atoms in total. The number of amides is 1. The second-order valence-corrected chi connectivity index (χ2v) is 4.65. The van der Waals surface area contributed by atoms with Gasteiger partial charge in [-0.2, -0.15) is 5.10 Å². The molecule has 0 aliphatic rings. The first kappa shape index (κ1) is 13.7. The Labute approximate surface area is 124 Å². The molecule has 22 heavy (non-hydrogen) atoms. The molecule has 0 radical (unpaired) electrons. The standard InChI is InChI=1S/C14H12N6O2/c1-20-7-16-11-8(14(20)22)3-2-4-9(11)18-10-5-6-17-19-12(10)13(15)21/h2-7H,1H3,(H2,15,21)(H,17,18). The van der Waals surface area contributed by atoms with Crippen molar-refractivity contribution in [3.63, 3.8) is 0 Å². The van der Waals surface area contributed by atoms with Crippen molar-refractivity contribution in [2.75, 3.05) is 5.32 Å². The van der Waals surface area contributed by atoms with Crippen LogP contribution in [0.15, 0.2) is 41.6 Å². The van der Waals surface area contributed by atoms with Crippen LogP contribution in [0.25, 0.3) is 10.9 Å². The molecule has 0 atom stereocenters. The maximum absolute atomic E-state index is 12.1. The lowest BCUT2D eigenvalue weighted by Crippen LogP contribution is -2.18. The molecule has 2 heterocycles. The van der Waals surface area contributed by atoms with Crippen LogP contribution in [0.2, 0.25) is 0 Å². The zero-order valence-corrected chi connectivity index (χ0v) is 11.6. The molecule has 0 fully saturated rings. The molecular weight excluding hydrogens is 284 g/mol. The summed E-state index contributed by atoms with van der Waals surface area (Å²) in [6.45, 7) is 0. The Kier molecular flexibility index (Phi) is 3.26. The second-order valence-electron chi connectivity index (χ2n) is 4.65. The zero-order valence-electron chi connectivity index (χ0n) is 11.6. The van der Waals surface area contributed by atoms with Gasteiger partial charge in [0.15, 0.2) is 5.69 Å². The molecule has 3 rings (SSSR count). The Bertz CT molecular complexity index is 934. The first-order valence-corrected chi connectivity index (χ1v) is 6.41. The molecule has 110 valence electrons. The van der Waals surface area contributed by atoms with Crippen LogP contribution in [0.4, 0.5) is 11.4 Å². The number of nitrogens with zero attached hydrogens (tertiary/aromatic N) is 4. The van der Waals surface area contributed by atoms with Crippen LogP contribution in [-0.2, 0) is 7.05 Å². The van der Waals surface area contributed by atoms with Crippen molar-refractivity contribution < 1.29 is 4.79 Å². The van der Waals surface area contributed by atoms with Crippen molar-refractivity contribution in [1.82, 2.24) is 19.7 Å². The number of carbonyl (C=O) groups is 1. The molecule has 8 heteroatoms. The van der Waals surface area contributed by atoms with Crippen molar-refractivity contribution >= 4 is 28.2 Å². The Balaban J connectivity index is 2.15. The Hall–Kier alpha value is -3.29. The van der Waals surface area contributed by atoms with Gasteiger partial charge in [-0.3, -0.25) is 9.59 Å². The molecule has 0 saturated heterocycles. The monoisotopic (exact) mass is 296 g/mol. The number of aromatic nitrogens is 4. The summed E-state index contributed by atoms with van der Waals surface area (Å²) in [6.07, 6.45) is 2.88. The summed E-state index contributed by atoms with van der Waals surface area (Å²) in [4.78, 5) is 27.8. The van der Waals surface area contributed by atoms with E-state index in [-0.39, 0.29) is 11.3 Å². The Morgan fingerprint density at radius 1 is 1.27 bits per heavy atom. The lowest BCUT2D eigenvalue weighted by Gasteiger charge is -2.10. The van der Waals surface area contributed by atoms with Crippen LogP contribution in [0.5, 0.6) is 0 Å². The van der Waals surface area contributed by atoms with E-state index in [1.165, 1.54) is 17.1 Å². The summed E-state index contributed by atoms with van der Waals surface area (Å²) in [5.74, 6) is -0.695. The van der Waals surface area contributed by atoms with Crippen LogP contribution < -0.4 is 16.6 Å². The summed E-state index contributed by atoms with van der Waals surface area (Å²) >= 11 is 0. The largest absolute Gasteiger partial charge is 0.364 e. The van der Waals surface area contributed by atoms with Crippen LogP contribution in [0, 0.1) is 0 Å². The van der Waals surface area contributed by atoms with Gasteiger partial charge in [-0.1, -0.05) is 6.07 Å². The summed E-state index contributed by atoms with van der Waals surface area (Å²) < 4.78 is 1.40. The maximum Gasteiger partial charge on any atom is 0.271 e. The molecule has 0 unspecified atom stereocenters. The molecular formula is C14H12N6O2. The van der Waals surface area contributed by atoms with E-state index in [0.717, 1.165) is 0 Å². The summed E-state index contributed by atoms with van der Waals surface area (Å²) in [7, 11) is 1.63. The number of rotatable bonds is 3. The fourth-order valence-corrected chi connectivity index (χ4v) is 2.10. The van der Waals surface area contributed by atoms with E-state index in [9.17, 15) is 9.59 Å². The fourth-order valence-electron chi connectivity index (χ4n) is 2.10. The highest BCUT2D eigenvalue weighted by atomic mass is 16.1. The van der Waals surface area contributed by atoms with Gasteiger partial charge in [-0.15, -0.1) is 5.10 Å². The van der Waals surface area contributed by atoms with Gasteiger partial charge in [-0.25, -0.2) is 4.98 Å². The number of para-hydroxylation sites is 1. The number of benzene rings is 1. The Morgan fingerprint density at radius 3 is 2.86 bits per heavy atom. The quantitative estimate of drug-likeness (QED) is 0.729. The first-order valence-electron chi connectivity index (χ1n) is 6.41. The van der Waals surface area contributed by atoms with E-state index in [2.05, 4.69) is 20.5 Å². The van der Waals surface area contributed by atoms with Gasteiger partial charge in [0.25, 0.3) is 11.5 Å². The number of hydrogen-bond donors (Lipinski definition) is 2. The third-order valence-corrected chi connectivity index (χ3v) is 3.17. The highest BCUT2D eigenvalue weighted by Crippen LogP contribution is 2.23. The summed E-state index contributed by atoms with van der Waals surface area (Å²) in [5, 5.41) is 10.8. The predicted octanol–water partition coefficient (Wildman–Crippen LogP) is 0.566. The van der Waals surface area contributed by atoms with E-state index >= 15 is 0 Å². The zero-order chi connectivity index (χ0) is 15.7. The van der Waals surface area contributed by atoms with E-state index in [4.69, 9.17) is 5.73 Å². The minimum Gasteiger partial charge on any atom is -0.364 e. The number of hydrogen-bond acceptors (Lipinski definition) is 6. The van der Waals surface area contributed by atoms with Gasteiger partial charge < -0.3 is 15.6 Å². The van der Waals surface area contributed by atoms with Crippen LogP contribution in [0.3, 0.4) is 0 Å². The number of nitrogens with one attached hydrogen (secondary N) is 1. The van der Waals surface area contributed by atoms with Gasteiger partial charge in [-0.05, 0) is 18.2 Å². The van der Waals surface area contributed by atoms with Crippen molar-refractivity contribution in [3.05, 3.63) is 52.8 Å². The number of fused-ring (bicyclic) bond motifs is 1.